The van der Waals surface area contributed by atoms with Crippen LogP contribution in [0.15, 0.2) is 83.8 Å². The van der Waals surface area contributed by atoms with E-state index in [-0.39, 0.29) is 4.90 Å². The molecule has 1 fully saturated rings. The van der Waals surface area contributed by atoms with Gasteiger partial charge in [-0.1, -0.05) is 42.5 Å². The van der Waals surface area contributed by atoms with Crippen LogP contribution >= 0.6 is 0 Å². The van der Waals surface area contributed by atoms with E-state index in [0.29, 0.717) is 38.0 Å². The minimum absolute atomic E-state index is 0.242. The molecule has 1 aliphatic rings. The maximum Gasteiger partial charge on any atom is 0.246 e. The van der Waals surface area contributed by atoms with Gasteiger partial charge in [0.2, 0.25) is 10.0 Å². The van der Waals surface area contributed by atoms with Gasteiger partial charge in [-0.25, -0.2) is 13.4 Å². The van der Waals surface area contributed by atoms with Crippen LogP contribution in [0.4, 0.5) is 0 Å². The van der Waals surface area contributed by atoms with Crippen molar-refractivity contribution in [3.63, 3.8) is 0 Å². The number of para-hydroxylation sites is 4. The number of aromatic nitrogens is 2. The van der Waals surface area contributed by atoms with E-state index >= 15 is 0 Å². The number of benzene rings is 3. The average Bonchev–Trinajstić information content (AvgIpc) is 3.26. The Morgan fingerprint density at radius 2 is 1.58 bits per heavy atom. The predicted molar refractivity (Wildman–Crippen MR) is 140 cm³/mol. The Hall–Kier alpha value is -3.36. The molecule has 8 heteroatoms. The number of sulfonamides is 1. The summed E-state index contributed by atoms with van der Waals surface area (Å²) in [5.41, 5.74) is 2.02. The zero-order chi connectivity index (χ0) is 25.0. The molecule has 0 atom stereocenters. The summed E-state index contributed by atoms with van der Waals surface area (Å²) in [6.07, 6.45) is 1.56. The third-order valence-electron chi connectivity index (χ3n) is 6.63. The van der Waals surface area contributed by atoms with E-state index in [1.165, 1.54) is 0 Å². The predicted octanol–water partition coefficient (Wildman–Crippen LogP) is 5.11. The van der Waals surface area contributed by atoms with Gasteiger partial charge in [0.25, 0.3) is 0 Å². The molecule has 1 saturated heterocycles. The highest BCUT2D eigenvalue weighted by molar-refractivity contribution is 7.89. The first kappa shape index (κ1) is 24.3. The van der Waals surface area contributed by atoms with Crippen molar-refractivity contribution in [2.24, 2.45) is 5.92 Å². The van der Waals surface area contributed by atoms with Gasteiger partial charge < -0.3 is 14.0 Å². The third-order valence-corrected chi connectivity index (χ3v) is 8.56. The number of piperidine rings is 1. The number of fused-ring (bicyclic) bond motifs is 1. The molecule has 2 heterocycles. The lowest BCUT2D eigenvalue weighted by atomic mass is 9.98. The van der Waals surface area contributed by atoms with Crippen LogP contribution in [-0.4, -0.2) is 42.0 Å². The molecule has 0 unspecified atom stereocenters. The van der Waals surface area contributed by atoms with Crippen molar-refractivity contribution < 1.29 is 17.9 Å². The fourth-order valence-electron chi connectivity index (χ4n) is 4.77. The zero-order valence-electron chi connectivity index (χ0n) is 20.4. The number of nitrogens with zero attached hydrogens (tertiary/aromatic N) is 3. The summed E-state index contributed by atoms with van der Waals surface area (Å²) < 4.78 is 42.2. The molecule has 0 N–H and O–H groups in total. The number of imidazole rings is 1. The van der Waals surface area contributed by atoms with Crippen molar-refractivity contribution in [2.75, 3.05) is 19.7 Å². The van der Waals surface area contributed by atoms with Crippen molar-refractivity contribution in [2.45, 2.75) is 37.8 Å². The molecule has 0 amide bonds. The Morgan fingerprint density at radius 1 is 0.889 bits per heavy atom. The van der Waals surface area contributed by atoms with Crippen LogP contribution in [0.1, 0.15) is 25.6 Å². The summed E-state index contributed by atoms with van der Waals surface area (Å²) in [4.78, 5) is 5.07. The van der Waals surface area contributed by atoms with E-state index in [1.807, 2.05) is 55.5 Å². The van der Waals surface area contributed by atoms with Crippen LogP contribution in [0, 0.1) is 5.92 Å². The highest BCUT2D eigenvalue weighted by Crippen LogP contribution is 2.31. The van der Waals surface area contributed by atoms with E-state index in [9.17, 15) is 8.42 Å². The van der Waals surface area contributed by atoms with E-state index < -0.39 is 10.0 Å². The van der Waals surface area contributed by atoms with Gasteiger partial charge >= 0.3 is 0 Å². The van der Waals surface area contributed by atoms with E-state index in [2.05, 4.69) is 10.6 Å². The second-order valence-corrected chi connectivity index (χ2v) is 10.9. The molecule has 36 heavy (non-hydrogen) atoms. The topological polar surface area (TPSA) is 73.7 Å². The standard InChI is InChI=1S/C28H31N3O4S/c1-2-34-26-14-8-9-15-27(26)36(32,33)30-18-16-22(17-19-30)20-31-25-13-7-6-12-24(25)29-28(31)21-35-23-10-4-3-5-11-23/h3-15,22H,2,16-21H2,1H3. The SMILES string of the molecule is CCOc1ccccc1S(=O)(=O)N1CCC(Cn2c(COc3ccccc3)nc3ccccc32)CC1. The monoisotopic (exact) mass is 505 g/mol. The van der Waals surface area contributed by atoms with Crippen LogP contribution < -0.4 is 9.47 Å². The van der Waals surface area contributed by atoms with Gasteiger partial charge in [0.05, 0.1) is 17.6 Å². The van der Waals surface area contributed by atoms with Gasteiger partial charge in [-0.05, 0) is 62.1 Å². The van der Waals surface area contributed by atoms with Gasteiger partial charge in [0, 0.05) is 19.6 Å². The number of hydrogen-bond acceptors (Lipinski definition) is 5. The summed E-state index contributed by atoms with van der Waals surface area (Å²) in [5.74, 6) is 2.43. The Labute approximate surface area is 212 Å². The highest BCUT2D eigenvalue weighted by atomic mass is 32.2. The fraction of sp³-hybridized carbons (Fsp3) is 0.321. The Balaban J connectivity index is 1.30. The second-order valence-electron chi connectivity index (χ2n) is 8.96. The smallest absolute Gasteiger partial charge is 0.246 e. The molecule has 1 aliphatic heterocycles. The minimum atomic E-state index is -3.61. The first-order valence-corrected chi connectivity index (χ1v) is 13.8. The summed E-state index contributed by atoms with van der Waals surface area (Å²) in [6.45, 7) is 4.39. The average molecular weight is 506 g/mol. The summed E-state index contributed by atoms with van der Waals surface area (Å²) in [6, 6.07) is 24.7. The fourth-order valence-corrected chi connectivity index (χ4v) is 6.37. The molecule has 3 aromatic carbocycles. The number of ether oxygens (including phenoxy) is 2. The molecule has 0 bridgehead atoms. The van der Waals surface area contributed by atoms with Crippen molar-refractivity contribution in [3.05, 3.63) is 84.7 Å². The normalized spacial score (nSPS) is 15.2. The molecule has 5 rings (SSSR count). The molecular formula is C28H31N3O4S. The van der Waals surface area contributed by atoms with Crippen LogP contribution in [-0.2, 0) is 23.2 Å². The summed E-state index contributed by atoms with van der Waals surface area (Å²) in [5, 5.41) is 0. The van der Waals surface area contributed by atoms with Crippen LogP contribution in [0.5, 0.6) is 11.5 Å². The lowest BCUT2D eigenvalue weighted by Gasteiger charge is -2.32. The summed E-state index contributed by atoms with van der Waals surface area (Å²) >= 11 is 0. The largest absolute Gasteiger partial charge is 0.492 e. The summed E-state index contributed by atoms with van der Waals surface area (Å²) in [7, 11) is -3.61. The van der Waals surface area contributed by atoms with Crippen molar-refractivity contribution in [3.8, 4) is 11.5 Å². The van der Waals surface area contributed by atoms with Crippen LogP contribution in [0.3, 0.4) is 0 Å². The molecule has 0 saturated carbocycles. The van der Waals surface area contributed by atoms with Gasteiger partial charge in [0.15, 0.2) is 0 Å². The molecule has 0 aliphatic carbocycles. The third kappa shape index (κ3) is 5.10. The molecule has 0 spiro atoms. The van der Waals surface area contributed by atoms with E-state index in [1.54, 1.807) is 28.6 Å². The number of hydrogen-bond donors (Lipinski definition) is 0. The molecule has 7 nitrogen and oxygen atoms in total. The van der Waals surface area contributed by atoms with Crippen LogP contribution in [0.2, 0.25) is 0 Å². The van der Waals surface area contributed by atoms with E-state index in [4.69, 9.17) is 14.5 Å². The lowest BCUT2D eigenvalue weighted by Crippen LogP contribution is -2.39. The second kappa shape index (κ2) is 10.7. The molecule has 4 aromatic rings. The first-order chi connectivity index (χ1) is 17.6. The van der Waals surface area contributed by atoms with Crippen molar-refractivity contribution >= 4 is 21.1 Å². The molecular weight excluding hydrogens is 474 g/mol. The van der Waals surface area contributed by atoms with Crippen molar-refractivity contribution in [1.29, 1.82) is 0 Å². The Bertz CT molecular complexity index is 1410. The van der Waals surface area contributed by atoms with Gasteiger partial charge in [-0.2, -0.15) is 4.31 Å². The van der Waals surface area contributed by atoms with E-state index in [0.717, 1.165) is 42.0 Å². The quantitative estimate of drug-likeness (QED) is 0.316. The molecule has 1 aromatic heterocycles. The zero-order valence-corrected chi connectivity index (χ0v) is 21.2. The van der Waals surface area contributed by atoms with Crippen LogP contribution in [0.25, 0.3) is 11.0 Å². The van der Waals surface area contributed by atoms with Gasteiger partial charge in [0.1, 0.15) is 28.8 Å². The molecule has 188 valence electrons. The van der Waals surface area contributed by atoms with Gasteiger partial charge in [-0.3, -0.25) is 0 Å². The highest BCUT2D eigenvalue weighted by Gasteiger charge is 2.32. The Kier molecular flexibility index (Phi) is 7.25. The number of rotatable bonds is 9. The Morgan fingerprint density at radius 3 is 2.36 bits per heavy atom. The first-order valence-electron chi connectivity index (χ1n) is 12.4. The maximum atomic E-state index is 13.4. The minimum Gasteiger partial charge on any atom is -0.492 e. The molecule has 0 radical (unpaired) electrons. The maximum absolute atomic E-state index is 13.4. The van der Waals surface area contributed by atoms with Crippen molar-refractivity contribution in [1.82, 2.24) is 13.9 Å². The van der Waals surface area contributed by atoms with Gasteiger partial charge in [-0.15, -0.1) is 0 Å². The lowest BCUT2D eigenvalue weighted by molar-refractivity contribution is 0.243.